The standard InChI is InChI=1S/C23H20N2O2S/c1-27-17-10-8-16(9-11-17)12-13-24-23(26)19-15-21(22-7-4-14-28-22)25-20-6-3-2-5-18(19)20/h2-11,14-15H,12-13H2,1H3,(H,24,26). The van der Waals surface area contributed by atoms with E-state index in [1.165, 1.54) is 0 Å². The van der Waals surface area contributed by atoms with E-state index in [9.17, 15) is 4.79 Å². The molecule has 0 bridgehead atoms. The highest BCUT2D eigenvalue weighted by Crippen LogP contribution is 2.27. The Hall–Kier alpha value is -3.18. The smallest absolute Gasteiger partial charge is 0.252 e. The maximum Gasteiger partial charge on any atom is 0.252 e. The lowest BCUT2D eigenvalue weighted by Gasteiger charge is -2.10. The number of amides is 1. The Balaban J connectivity index is 1.54. The van der Waals surface area contributed by atoms with Crippen LogP contribution in [-0.4, -0.2) is 24.5 Å². The Bertz CT molecular complexity index is 1090. The number of para-hydroxylation sites is 1. The number of aromatic nitrogens is 1. The molecule has 1 amide bonds. The van der Waals surface area contributed by atoms with Gasteiger partial charge < -0.3 is 10.1 Å². The second-order valence-electron chi connectivity index (χ2n) is 6.40. The summed E-state index contributed by atoms with van der Waals surface area (Å²) in [4.78, 5) is 18.7. The molecule has 0 aliphatic rings. The minimum atomic E-state index is -0.0788. The highest BCUT2D eigenvalue weighted by Gasteiger charge is 2.14. The number of ether oxygens (including phenoxy) is 1. The summed E-state index contributed by atoms with van der Waals surface area (Å²) in [7, 11) is 1.65. The SMILES string of the molecule is COc1ccc(CCNC(=O)c2cc(-c3cccs3)nc3ccccc23)cc1. The average Bonchev–Trinajstić information content (AvgIpc) is 3.28. The van der Waals surface area contributed by atoms with E-state index in [0.29, 0.717) is 12.1 Å². The van der Waals surface area contributed by atoms with Crippen LogP contribution in [0.25, 0.3) is 21.5 Å². The summed E-state index contributed by atoms with van der Waals surface area (Å²) >= 11 is 1.62. The van der Waals surface area contributed by atoms with Gasteiger partial charge in [-0.2, -0.15) is 0 Å². The van der Waals surface area contributed by atoms with E-state index >= 15 is 0 Å². The number of hydrogen-bond acceptors (Lipinski definition) is 4. The molecule has 140 valence electrons. The Morgan fingerprint density at radius 3 is 2.64 bits per heavy atom. The van der Waals surface area contributed by atoms with Gasteiger partial charge in [0, 0.05) is 11.9 Å². The van der Waals surface area contributed by atoms with Gasteiger partial charge in [0.05, 0.1) is 28.8 Å². The molecular formula is C23H20N2O2S. The lowest BCUT2D eigenvalue weighted by Crippen LogP contribution is -2.26. The molecule has 2 aromatic heterocycles. The average molecular weight is 388 g/mol. The third kappa shape index (κ3) is 3.89. The summed E-state index contributed by atoms with van der Waals surface area (Å²) in [6.07, 6.45) is 0.760. The molecule has 0 spiro atoms. The van der Waals surface area contributed by atoms with Crippen molar-refractivity contribution < 1.29 is 9.53 Å². The Kier molecular flexibility index (Phi) is 5.35. The lowest BCUT2D eigenvalue weighted by molar-refractivity contribution is 0.0955. The topological polar surface area (TPSA) is 51.2 Å². The highest BCUT2D eigenvalue weighted by atomic mass is 32.1. The number of fused-ring (bicyclic) bond motifs is 1. The highest BCUT2D eigenvalue weighted by molar-refractivity contribution is 7.13. The second-order valence-corrected chi connectivity index (χ2v) is 7.35. The van der Waals surface area contributed by atoms with Gasteiger partial charge in [-0.25, -0.2) is 4.98 Å². The van der Waals surface area contributed by atoms with Gasteiger partial charge in [0.15, 0.2) is 0 Å². The van der Waals surface area contributed by atoms with Crippen LogP contribution in [0.4, 0.5) is 0 Å². The molecule has 0 unspecified atom stereocenters. The van der Waals surface area contributed by atoms with Crippen molar-refractivity contribution in [2.24, 2.45) is 0 Å². The molecule has 0 saturated carbocycles. The summed E-state index contributed by atoms with van der Waals surface area (Å²) in [6.45, 7) is 0.566. The van der Waals surface area contributed by atoms with Crippen LogP contribution in [0.2, 0.25) is 0 Å². The molecule has 0 saturated heterocycles. The molecule has 0 aliphatic heterocycles. The zero-order valence-corrected chi connectivity index (χ0v) is 16.3. The molecule has 4 aromatic rings. The van der Waals surface area contributed by atoms with Crippen molar-refractivity contribution in [3.05, 3.63) is 83.2 Å². The van der Waals surface area contributed by atoms with Crippen LogP contribution in [0.15, 0.2) is 72.1 Å². The van der Waals surface area contributed by atoms with Crippen LogP contribution in [0.5, 0.6) is 5.75 Å². The Labute approximate surface area is 167 Å². The van der Waals surface area contributed by atoms with E-state index < -0.39 is 0 Å². The molecule has 0 aliphatic carbocycles. The van der Waals surface area contributed by atoms with E-state index in [0.717, 1.165) is 39.2 Å². The molecule has 2 aromatic carbocycles. The van der Waals surface area contributed by atoms with Crippen molar-refractivity contribution in [1.82, 2.24) is 10.3 Å². The maximum absolute atomic E-state index is 12.9. The first-order valence-electron chi connectivity index (χ1n) is 9.09. The van der Waals surface area contributed by atoms with Gasteiger partial charge in [0.25, 0.3) is 5.91 Å². The number of hydrogen-bond donors (Lipinski definition) is 1. The number of methoxy groups -OCH3 is 1. The van der Waals surface area contributed by atoms with Crippen molar-refractivity contribution in [2.75, 3.05) is 13.7 Å². The molecule has 28 heavy (non-hydrogen) atoms. The van der Waals surface area contributed by atoms with Crippen molar-refractivity contribution in [3.8, 4) is 16.3 Å². The first-order valence-corrected chi connectivity index (χ1v) is 9.97. The van der Waals surface area contributed by atoms with Gasteiger partial charge in [0.2, 0.25) is 0 Å². The number of thiophene rings is 1. The molecule has 5 heteroatoms. The molecule has 0 atom stereocenters. The van der Waals surface area contributed by atoms with E-state index in [1.54, 1.807) is 18.4 Å². The predicted octanol–water partition coefficient (Wildman–Crippen LogP) is 4.94. The van der Waals surface area contributed by atoms with Gasteiger partial charge in [-0.15, -0.1) is 11.3 Å². The normalized spacial score (nSPS) is 10.8. The molecule has 0 radical (unpaired) electrons. The molecule has 2 heterocycles. The first-order chi connectivity index (χ1) is 13.7. The van der Waals surface area contributed by atoms with Gasteiger partial charge in [-0.3, -0.25) is 4.79 Å². The van der Waals surface area contributed by atoms with E-state index in [1.807, 2.05) is 72.1 Å². The van der Waals surface area contributed by atoms with E-state index in [4.69, 9.17) is 9.72 Å². The second kappa shape index (κ2) is 8.23. The fourth-order valence-electron chi connectivity index (χ4n) is 3.12. The van der Waals surface area contributed by atoms with Gasteiger partial charge >= 0.3 is 0 Å². The van der Waals surface area contributed by atoms with Crippen molar-refractivity contribution in [3.63, 3.8) is 0 Å². The summed E-state index contributed by atoms with van der Waals surface area (Å²) < 4.78 is 5.18. The number of nitrogens with one attached hydrogen (secondary N) is 1. The molecule has 0 fully saturated rings. The minimum absolute atomic E-state index is 0.0788. The van der Waals surface area contributed by atoms with Crippen LogP contribution >= 0.6 is 11.3 Å². The number of pyridine rings is 1. The lowest BCUT2D eigenvalue weighted by atomic mass is 10.1. The molecule has 4 nitrogen and oxygen atoms in total. The van der Waals surface area contributed by atoms with Crippen LogP contribution in [0.1, 0.15) is 15.9 Å². The Morgan fingerprint density at radius 2 is 1.89 bits per heavy atom. The molecule has 4 rings (SSSR count). The summed E-state index contributed by atoms with van der Waals surface area (Å²) in [5, 5.41) is 5.93. The third-order valence-electron chi connectivity index (χ3n) is 4.59. The minimum Gasteiger partial charge on any atom is -0.497 e. The number of carbonyl (C=O) groups excluding carboxylic acids is 1. The van der Waals surface area contributed by atoms with Gasteiger partial charge in [-0.05, 0) is 47.7 Å². The van der Waals surface area contributed by atoms with Crippen molar-refractivity contribution in [1.29, 1.82) is 0 Å². The van der Waals surface area contributed by atoms with E-state index in [2.05, 4.69) is 5.32 Å². The van der Waals surface area contributed by atoms with Crippen molar-refractivity contribution >= 4 is 28.1 Å². The maximum atomic E-state index is 12.9. The summed E-state index contributed by atoms with van der Waals surface area (Å²) in [5.41, 5.74) is 3.46. The predicted molar refractivity (Wildman–Crippen MR) is 114 cm³/mol. The quantitative estimate of drug-likeness (QED) is 0.509. The zero-order chi connectivity index (χ0) is 19.3. The third-order valence-corrected chi connectivity index (χ3v) is 5.49. The summed E-state index contributed by atoms with van der Waals surface area (Å²) in [6, 6.07) is 21.6. The fraction of sp³-hybridized carbons (Fsp3) is 0.130. The van der Waals surface area contributed by atoms with Crippen LogP contribution in [-0.2, 0) is 6.42 Å². The van der Waals surface area contributed by atoms with E-state index in [-0.39, 0.29) is 5.91 Å². The zero-order valence-electron chi connectivity index (χ0n) is 15.5. The summed E-state index contributed by atoms with van der Waals surface area (Å²) in [5.74, 6) is 0.752. The monoisotopic (exact) mass is 388 g/mol. The Morgan fingerprint density at radius 1 is 1.07 bits per heavy atom. The fourth-order valence-corrected chi connectivity index (χ4v) is 3.81. The number of carbonyl (C=O) groups is 1. The van der Waals surface area contributed by atoms with Gasteiger partial charge in [-0.1, -0.05) is 36.4 Å². The first kappa shape index (κ1) is 18.2. The van der Waals surface area contributed by atoms with Crippen LogP contribution < -0.4 is 10.1 Å². The number of benzene rings is 2. The van der Waals surface area contributed by atoms with Gasteiger partial charge in [0.1, 0.15) is 5.75 Å². The number of nitrogens with zero attached hydrogens (tertiary/aromatic N) is 1. The molecule has 1 N–H and O–H groups in total. The van der Waals surface area contributed by atoms with Crippen molar-refractivity contribution in [2.45, 2.75) is 6.42 Å². The molecular weight excluding hydrogens is 368 g/mol. The largest absolute Gasteiger partial charge is 0.497 e. The van der Waals surface area contributed by atoms with Crippen LogP contribution in [0.3, 0.4) is 0 Å². The number of rotatable bonds is 6. The van der Waals surface area contributed by atoms with Crippen LogP contribution in [0, 0.1) is 0 Å².